The fraction of sp³-hybridized carbons (Fsp3) is 0.529. The Labute approximate surface area is 145 Å². The SMILES string of the molecule is Cc1ccc(-c2cc(C(=O)NCCCOC[C@H]3CCCO3)n[nH]2)s1. The monoisotopic (exact) mass is 349 g/mol. The molecule has 0 unspecified atom stereocenters. The fourth-order valence-electron chi connectivity index (χ4n) is 2.60. The Morgan fingerprint density at radius 2 is 2.46 bits per heavy atom. The Bertz CT molecular complexity index is 662. The van der Waals surface area contributed by atoms with Gasteiger partial charge in [0.1, 0.15) is 0 Å². The zero-order valence-electron chi connectivity index (χ0n) is 13.8. The lowest BCUT2D eigenvalue weighted by atomic mass is 10.2. The van der Waals surface area contributed by atoms with Gasteiger partial charge in [-0.2, -0.15) is 5.10 Å². The normalized spacial score (nSPS) is 17.3. The number of H-pyrrole nitrogens is 1. The van der Waals surface area contributed by atoms with Gasteiger partial charge >= 0.3 is 0 Å². The lowest BCUT2D eigenvalue weighted by molar-refractivity contribution is 0.0166. The molecule has 1 fully saturated rings. The van der Waals surface area contributed by atoms with E-state index in [2.05, 4.69) is 28.5 Å². The van der Waals surface area contributed by atoms with E-state index < -0.39 is 0 Å². The molecule has 0 aliphatic carbocycles. The highest BCUT2D eigenvalue weighted by Crippen LogP contribution is 2.26. The van der Waals surface area contributed by atoms with Crippen molar-refractivity contribution in [2.45, 2.75) is 32.3 Å². The predicted octanol–water partition coefficient (Wildman–Crippen LogP) is 2.76. The molecular weight excluding hydrogens is 326 g/mol. The van der Waals surface area contributed by atoms with Gasteiger partial charge in [0.15, 0.2) is 5.69 Å². The van der Waals surface area contributed by atoms with Gasteiger partial charge < -0.3 is 14.8 Å². The van der Waals surface area contributed by atoms with E-state index in [0.717, 1.165) is 36.4 Å². The molecule has 1 saturated heterocycles. The van der Waals surface area contributed by atoms with Crippen LogP contribution >= 0.6 is 11.3 Å². The van der Waals surface area contributed by atoms with E-state index in [0.29, 0.717) is 25.5 Å². The second kappa shape index (κ2) is 8.41. The predicted molar refractivity (Wildman–Crippen MR) is 93.4 cm³/mol. The van der Waals surface area contributed by atoms with Crippen molar-refractivity contribution in [3.8, 4) is 10.6 Å². The molecule has 0 saturated carbocycles. The summed E-state index contributed by atoms with van der Waals surface area (Å²) in [4.78, 5) is 14.4. The summed E-state index contributed by atoms with van der Waals surface area (Å²) in [5, 5.41) is 9.88. The number of aromatic amines is 1. The van der Waals surface area contributed by atoms with Crippen LogP contribution in [0.2, 0.25) is 0 Å². The van der Waals surface area contributed by atoms with Crippen LogP contribution in [-0.4, -0.2) is 48.6 Å². The van der Waals surface area contributed by atoms with Gasteiger partial charge in [-0.3, -0.25) is 9.89 Å². The van der Waals surface area contributed by atoms with Crippen LogP contribution in [0.1, 0.15) is 34.6 Å². The molecule has 0 bridgehead atoms. The summed E-state index contributed by atoms with van der Waals surface area (Å²) in [5.74, 6) is -0.162. The molecule has 1 amide bonds. The lowest BCUT2D eigenvalue weighted by Crippen LogP contribution is -2.26. The summed E-state index contributed by atoms with van der Waals surface area (Å²) in [6, 6.07) is 5.87. The first-order valence-electron chi connectivity index (χ1n) is 8.32. The number of hydrogen-bond acceptors (Lipinski definition) is 5. The van der Waals surface area contributed by atoms with Crippen molar-refractivity contribution in [2.75, 3.05) is 26.4 Å². The second-order valence-electron chi connectivity index (χ2n) is 5.90. The van der Waals surface area contributed by atoms with Crippen LogP contribution in [0.5, 0.6) is 0 Å². The van der Waals surface area contributed by atoms with E-state index in [4.69, 9.17) is 9.47 Å². The average Bonchev–Trinajstić information content (AvgIpc) is 3.31. The first-order valence-corrected chi connectivity index (χ1v) is 9.14. The second-order valence-corrected chi connectivity index (χ2v) is 7.18. The molecular formula is C17H23N3O3S. The van der Waals surface area contributed by atoms with Gasteiger partial charge in [0.2, 0.25) is 0 Å². The van der Waals surface area contributed by atoms with Gasteiger partial charge in [-0.25, -0.2) is 0 Å². The molecule has 24 heavy (non-hydrogen) atoms. The third-order valence-corrected chi connectivity index (χ3v) is 4.93. The Kier molecular flexibility index (Phi) is 6.01. The maximum atomic E-state index is 12.1. The zero-order chi connectivity index (χ0) is 16.8. The molecule has 3 rings (SSSR count). The van der Waals surface area contributed by atoms with Crippen molar-refractivity contribution in [1.82, 2.24) is 15.5 Å². The van der Waals surface area contributed by atoms with Crippen LogP contribution in [-0.2, 0) is 9.47 Å². The molecule has 130 valence electrons. The number of nitrogens with one attached hydrogen (secondary N) is 2. The van der Waals surface area contributed by atoms with Gasteiger partial charge in [0.05, 0.1) is 23.3 Å². The lowest BCUT2D eigenvalue weighted by Gasteiger charge is -2.10. The fourth-order valence-corrected chi connectivity index (χ4v) is 3.43. The smallest absolute Gasteiger partial charge is 0.271 e. The van der Waals surface area contributed by atoms with E-state index in [1.54, 1.807) is 17.4 Å². The average molecular weight is 349 g/mol. The first-order chi connectivity index (χ1) is 11.7. The minimum Gasteiger partial charge on any atom is -0.379 e. The third-order valence-electron chi connectivity index (χ3n) is 3.90. The highest BCUT2D eigenvalue weighted by Gasteiger charge is 2.15. The number of aryl methyl sites for hydroxylation is 1. The van der Waals surface area contributed by atoms with Crippen molar-refractivity contribution in [1.29, 1.82) is 0 Å². The molecule has 1 aliphatic heterocycles. The Balaban J connectivity index is 1.35. The molecule has 2 aromatic heterocycles. The highest BCUT2D eigenvalue weighted by atomic mass is 32.1. The number of nitrogens with zero attached hydrogens (tertiary/aromatic N) is 1. The molecule has 1 aliphatic rings. The Morgan fingerprint density at radius 1 is 1.54 bits per heavy atom. The molecule has 7 heteroatoms. The van der Waals surface area contributed by atoms with Crippen molar-refractivity contribution in [3.05, 3.63) is 28.8 Å². The van der Waals surface area contributed by atoms with E-state index >= 15 is 0 Å². The van der Waals surface area contributed by atoms with Crippen LogP contribution < -0.4 is 5.32 Å². The number of aromatic nitrogens is 2. The van der Waals surface area contributed by atoms with Gasteiger partial charge in [-0.05, 0) is 44.4 Å². The molecule has 6 nitrogen and oxygen atoms in total. The minimum atomic E-state index is -0.162. The van der Waals surface area contributed by atoms with Gasteiger partial charge in [-0.15, -0.1) is 11.3 Å². The van der Waals surface area contributed by atoms with Crippen LogP contribution in [0.3, 0.4) is 0 Å². The Hall–Kier alpha value is -1.70. The quantitative estimate of drug-likeness (QED) is 0.719. The number of rotatable bonds is 8. The van der Waals surface area contributed by atoms with Crippen LogP contribution in [0.4, 0.5) is 0 Å². The number of amides is 1. The van der Waals surface area contributed by atoms with E-state index in [-0.39, 0.29) is 12.0 Å². The summed E-state index contributed by atoms with van der Waals surface area (Å²) in [7, 11) is 0. The molecule has 2 N–H and O–H groups in total. The molecule has 3 heterocycles. The Morgan fingerprint density at radius 3 is 3.21 bits per heavy atom. The van der Waals surface area contributed by atoms with Gasteiger partial charge in [0.25, 0.3) is 5.91 Å². The van der Waals surface area contributed by atoms with Gasteiger partial charge in [-0.1, -0.05) is 0 Å². The number of ether oxygens (including phenoxy) is 2. The van der Waals surface area contributed by atoms with Crippen molar-refractivity contribution < 1.29 is 14.3 Å². The summed E-state index contributed by atoms with van der Waals surface area (Å²) in [6.45, 7) is 4.75. The van der Waals surface area contributed by atoms with E-state index in [1.807, 2.05) is 6.07 Å². The first kappa shape index (κ1) is 17.1. The third kappa shape index (κ3) is 4.66. The number of carbonyl (C=O) groups excluding carboxylic acids is 1. The van der Waals surface area contributed by atoms with Crippen molar-refractivity contribution in [2.24, 2.45) is 0 Å². The van der Waals surface area contributed by atoms with Crippen LogP contribution in [0, 0.1) is 6.92 Å². The van der Waals surface area contributed by atoms with E-state index in [1.165, 1.54) is 4.88 Å². The largest absolute Gasteiger partial charge is 0.379 e. The molecule has 1 atom stereocenters. The topological polar surface area (TPSA) is 76.2 Å². The summed E-state index contributed by atoms with van der Waals surface area (Å²) < 4.78 is 11.1. The number of thiophene rings is 1. The van der Waals surface area contributed by atoms with Crippen LogP contribution in [0.15, 0.2) is 18.2 Å². The van der Waals surface area contributed by atoms with Crippen molar-refractivity contribution in [3.63, 3.8) is 0 Å². The van der Waals surface area contributed by atoms with Crippen molar-refractivity contribution >= 4 is 17.2 Å². The zero-order valence-corrected chi connectivity index (χ0v) is 14.7. The standard InChI is InChI=1S/C17H23N3O3S/c1-12-5-6-16(24-12)14-10-15(20-19-14)17(21)18-7-3-8-22-11-13-4-2-9-23-13/h5-6,10,13H,2-4,7-9,11H2,1H3,(H,18,21)(H,19,20)/t13-/m1/s1. The van der Waals surface area contributed by atoms with E-state index in [9.17, 15) is 4.79 Å². The van der Waals surface area contributed by atoms with Crippen LogP contribution in [0.25, 0.3) is 10.6 Å². The maximum absolute atomic E-state index is 12.1. The highest BCUT2D eigenvalue weighted by molar-refractivity contribution is 7.15. The number of hydrogen-bond donors (Lipinski definition) is 2. The summed E-state index contributed by atoms with van der Waals surface area (Å²) in [5.41, 5.74) is 1.29. The summed E-state index contributed by atoms with van der Waals surface area (Å²) in [6.07, 6.45) is 3.24. The molecule has 0 aromatic carbocycles. The molecule has 0 radical (unpaired) electrons. The molecule has 2 aromatic rings. The summed E-state index contributed by atoms with van der Waals surface area (Å²) >= 11 is 1.67. The minimum absolute atomic E-state index is 0.162. The van der Waals surface area contributed by atoms with Gasteiger partial charge in [0, 0.05) is 24.6 Å². The molecule has 0 spiro atoms. The number of carbonyl (C=O) groups is 1. The maximum Gasteiger partial charge on any atom is 0.271 e.